The van der Waals surface area contributed by atoms with Crippen molar-refractivity contribution in [2.24, 2.45) is 5.92 Å². The third-order valence-corrected chi connectivity index (χ3v) is 4.07. The van der Waals surface area contributed by atoms with Crippen molar-refractivity contribution >= 4 is 10.9 Å². The molecule has 1 unspecified atom stereocenters. The quantitative estimate of drug-likeness (QED) is 0.885. The van der Waals surface area contributed by atoms with Gasteiger partial charge in [0.25, 0.3) is 0 Å². The molecule has 0 amide bonds. The molecule has 1 heterocycles. The van der Waals surface area contributed by atoms with Gasteiger partial charge in [-0.25, -0.2) is 0 Å². The van der Waals surface area contributed by atoms with Crippen LogP contribution in [0.2, 0.25) is 0 Å². The first kappa shape index (κ1) is 11.7. The molecule has 2 nitrogen and oxygen atoms in total. The van der Waals surface area contributed by atoms with Gasteiger partial charge < -0.3 is 5.11 Å². The first-order chi connectivity index (χ1) is 8.84. The van der Waals surface area contributed by atoms with Crippen molar-refractivity contribution in [3.63, 3.8) is 0 Å². The summed E-state index contributed by atoms with van der Waals surface area (Å²) in [5, 5.41) is 11.5. The van der Waals surface area contributed by atoms with Crippen LogP contribution in [0.1, 0.15) is 43.8 Å². The van der Waals surface area contributed by atoms with Crippen molar-refractivity contribution in [1.29, 1.82) is 0 Å². The highest BCUT2D eigenvalue weighted by atomic mass is 16.3. The molecule has 1 fully saturated rings. The number of rotatable bonds is 3. The molecule has 18 heavy (non-hydrogen) atoms. The van der Waals surface area contributed by atoms with Crippen molar-refractivity contribution < 1.29 is 5.11 Å². The predicted octanol–water partition coefficient (Wildman–Crippen LogP) is 3.85. The zero-order chi connectivity index (χ0) is 12.4. The minimum Gasteiger partial charge on any atom is -0.388 e. The van der Waals surface area contributed by atoms with Gasteiger partial charge >= 0.3 is 0 Å². The number of aliphatic hydroxyl groups is 1. The third-order valence-electron chi connectivity index (χ3n) is 4.07. The average Bonchev–Trinajstić information content (AvgIpc) is 2.91. The number of hydrogen-bond donors (Lipinski definition) is 1. The van der Waals surface area contributed by atoms with Crippen LogP contribution in [0.25, 0.3) is 10.9 Å². The fraction of sp³-hybridized carbons (Fsp3) is 0.438. The van der Waals surface area contributed by atoms with Crippen LogP contribution in [-0.2, 0) is 0 Å². The standard InChI is InChI=1S/C16H19NO/c18-16(11-12-5-1-2-6-12)14-7-3-9-15-13(14)8-4-10-17-15/h3-4,7-10,12,16,18H,1-2,5-6,11H2. The topological polar surface area (TPSA) is 33.1 Å². The molecule has 1 aliphatic carbocycles. The fourth-order valence-electron chi connectivity index (χ4n) is 3.11. The van der Waals surface area contributed by atoms with Crippen LogP contribution in [0.15, 0.2) is 36.5 Å². The van der Waals surface area contributed by atoms with Gasteiger partial charge in [-0.05, 0) is 30.0 Å². The monoisotopic (exact) mass is 241 g/mol. The van der Waals surface area contributed by atoms with Crippen LogP contribution < -0.4 is 0 Å². The second-order valence-electron chi connectivity index (χ2n) is 5.32. The van der Waals surface area contributed by atoms with Crippen LogP contribution in [0, 0.1) is 5.92 Å². The Bertz CT molecular complexity index is 526. The molecule has 2 heteroatoms. The van der Waals surface area contributed by atoms with E-state index in [1.165, 1.54) is 25.7 Å². The number of benzene rings is 1. The summed E-state index contributed by atoms with van der Waals surface area (Å²) in [5.74, 6) is 0.701. The van der Waals surface area contributed by atoms with E-state index in [0.717, 1.165) is 22.9 Å². The number of aromatic nitrogens is 1. The Labute approximate surface area is 108 Å². The molecular formula is C16H19NO. The molecule has 1 aromatic carbocycles. The molecule has 0 saturated heterocycles. The van der Waals surface area contributed by atoms with Crippen LogP contribution in [-0.4, -0.2) is 10.1 Å². The largest absolute Gasteiger partial charge is 0.388 e. The number of nitrogens with zero attached hydrogens (tertiary/aromatic N) is 1. The molecule has 1 saturated carbocycles. The number of fused-ring (bicyclic) bond motifs is 1. The molecule has 3 rings (SSSR count). The Kier molecular flexibility index (Phi) is 3.28. The molecule has 1 atom stereocenters. The Morgan fingerprint density at radius 1 is 1.17 bits per heavy atom. The third kappa shape index (κ3) is 2.25. The summed E-state index contributed by atoms with van der Waals surface area (Å²) >= 11 is 0. The van der Waals surface area contributed by atoms with Crippen molar-refractivity contribution in [2.45, 2.75) is 38.2 Å². The number of pyridine rings is 1. The highest BCUT2D eigenvalue weighted by molar-refractivity contribution is 5.82. The molecule has 94 valence electrons. The summed E-state index contributed by atoms with van der Waals surface area (Å²) in [6.45, 7) is 0. The van der Waals surface area contributed by atoms with Gasteiger partial charge in [-0.3, -0.25) is 4.98 Å². The van der Waals surface area contributed by atoms with Crippen molar-refractivity contribution in [2.75, 3.05) is 0 Å². The first-order valence-electron chi connectivity index (χ1n) is 6.86. The predicted molar refractivity (Wildman–Crippen MR) is 73.3 cm³/mol. The lowest BCUT2D eigenvalue weighted by atomic mass is 9.93. The van der Waals surface area contributed by atoms with E-state index in [1.54, 1.807) is 6.20 Å². The van der Waals surface area contributed by atoms with E-state index in [2.05, 4.69) is 11.1 Å². The summed E-state index contributed by atoms with van der Waals surface area (Å²) in [4.78, 5) is 4.34. The van der Waals surface area contributed by atoms with E-state index >= 15 is 0 Å². The Balaban J connectivity index is 1.88. The van der Waals surface area contributed by atoms with Gasteiger partial charge in [0.05, 0.1) is 11.6 Å². The highest BCUT2D eigenvalue weighted by Gasteiger charge is 2.20. The SMILES string of the molecule is OC(CC1CCCC1)c1cccc2ncccc12. The maximum atomic E-state index is 10.5. The molecule has 0 bridgehead atoms. The molecule has 1 aliphatic rings. The smallest absolute Gasteiger partial charge is 0.0799 e. The van der Waals surface area contributed by atoms with Crippen LogP contribution in [0.4, 0.5) is 0 Å². The molecule has 2 aromatic rings. The molecular weight excluding hydrogens is 222 g/mol. The molecule has 0 aliphatic heterocycles. The van der Waals surface area contributed by atoms with E-state index < -0.39 is 0 Å². The van der Waals surface area contributed by atoms with E-state index in [4.69, 9.17) is 0 Å². The lowest BCUT2D eigenvalue weighted by molar-refractivity contribution is 0.146. The zero-order valence-electron chi connectivity index (χ0n) is 10.5. The maximum Gasteiger partial charge on any atom is 0.0799 e. The summed E-state index contributed by atoms with van der Waals surface area (Å²) < 4.78 is 0. The van der Waals surface area contributed by atoms with Gasteiger partial charge in [-0.15, -0.1) is 0 Å². The average molecular weight is 241 g/mol. The van der Waals surface area contributed by atoms with E-state index in [9.17, 15) is 5.11 Å². The van der Waals surface area contributed by atoms with Gasteiger partial charge in [-0.1, -0.05) is 43.9 Å². The summed E-state index contributed by atoms with van der Waals surface area (Å²) in [5.41, 5.74) is 2.01. The van der Waals surface area contributed by atoms with Gasteiger partial charge in [0.15, 0.2) is 0 Å². The normalized spacial score (nSPS) is 18.3. The second kappa shape index (κ2) is 5.07. The van der Waals surface area contributed by atoms with Crippen LogP contribution in [0.3, 0.4) is 0 Å². The fourth-order valence-corrected chi connectivity index (χ4v) is 3.11. The van der Waals surface area contributed by atoms with Gasteiger partial charge in [-0.2, -0.15) is 0 Å². The highest BCUT2D eigenvalue weighted by Crippen LogP contribution is 2.34. The van der Waals surface area contributed by atoms with E-state index in [-0.39, 0.29) is 6.10 Å². The minimum absolute atomic E-state index is 0.346. The van der Waals surface area contributed by atoms with Crippen LogP contribution >= 0.6 is 0 Å². The first-order valence-corrected chi connectivity index (χ1v) is 6.86. The van der Waals surface area contributed by atoms with Crippen LogP contribution in [0.5, 0.6) is 0 Å². The summed E-state index contributed by atoms with van der Waals surface area (Å²) in [7, 11) is 0. The van der Waals surface area contributed by atoms with Gasteiger partial charge in [0.1, 0.15) is 0 Å². The second-order valence-corrected chi connectivity index (χ2v) is 5.32. The Morgan fingerprint density at radius 2 is 2.00 bits per heavy atom. The Hall–Kier alpha value is -1.41. The molecule has 1 N–H and O–H groups in total. The summed E-state index contributed by atoms with van der Waals surface area (Å²) in [6, 6.07) is 10.0. The lowest BCUT2D eigenvalue weighted by Crippen LogP contribution is -2.05. The molecule has 0 radical (unpaired) electrons. The summed E-state index contributed by atoms with van der Waals surface area (Å²) in [6.07, 6.45) is 7.56. The maximum absolute atomic E-state index is 10.5. The zero-order valence-corrected chi connectivity index (χ0v) is 10.5. The van der Waals surface area contributed by atoms with Gasteiger partial charge in [0, 0.05) is 11.6 Å². The van der Waals surface area contributed by atoms with E-state index in [0.29, 0.717) is 5.92 Å². The minimum atomic E-state index is -0.346. The van der Waals surface area contributed by atoms with Crippen molar-refractivity contribution in [3.05, 3.63) is 42.1 Å². The van der Waals surface area contributed by atoms with E-state index in [1.807, 2.05) is 24.3 Å². The van der Waals surface area contributed by atoms with Gasteiger partial charge in [0.2, 0.25) is 0 Å². The van der Waals surface area contributed by atoms with Crippen molar-refractivity contribution in [1.82, 2.24) is 4.98 Å². The number of hydrogen-bond acceptors (Lipinski definition) is 2. The lowest BCUT2D eigenvalue weighted by Gasteiger charge is -2.17. The Morgan fingerprint density at radius 3 is 2.83 bits per heavy atom. The number of aliphatic hydroxyl groups excluding tert-OH is 1. The molecule has 1 aromatic heterocycles. The molecule has 0 spiro atoms. The van der Waals surface area contributed by atoms with Crippen molar-refractivity contribution in [3.8, 4) is 0 Å².